The minimum atomic E-state index is -0.943. The Morgan fingerprint density at radius 2 is 1.94 bits per heavy atom. The number of anilines is 1. The number of hydrogen-bond donors (Lipinski definition) is 2. The number of nitrogens with one attached hydrogen (secondary N) is 1. The van der Waals surface area contributed by atoms with Gasteiger partial charge < -0.3 is 20.2 Å². The molecule has 2 aromatic heterocycles. The van der Waals surface area contributed by atoms with Crippen LogP contribution >= 0.6 is 60.2 Å². The second-order valence-electron chi connectivity index (χ2n) is 7.45. The normalized spacial score (nSPS) is 14.1. The summed E-state index contributed by atoms with van der Waals surface area (Å²) in [4.78, 5) is 26.0. The van der Waals surface area contributed by atoms with Gasteiger partial charge in [-0.3, -0.25) is 0 Å². The summed E-state index contributed by atoms with van der Waals surface area (Å²) in [6, 6.07) is 7.11. The number of fused-ring (bicyclic) bond motifs is 1. The fraction of sp³-hybridized carbons (Fsp3) is 0.381. The minimum absolute atomic E-state index is 0. The average Bonchev–Trinajstić information content (AvgIpc) is 3.17. The highest BCUT2D eigenvalue weighted by atomic mass is 35.5. The highest BCUT2D eigenvalue weighted by molar-refractivity contribution is 7.22. The first-order valence-electron chi connectivity index (χ1n) is 9.95. The summed E-state index contributed by atoms with van der Waals surface area (Å²) in [6.07, 6.45) is 2.60. The lowest BCUT2D eigenvalue weighted by molar-refractivity contribution is 0.0699. The standard InChI is InChI=1S/C21H24ClN5O2S.3ClH/c1-26-8-10-27(11-9-26)7-3-6-23-21-24-13-16(22)19(25-21)18-12-15-14(20(28)29)4-2-5-17(15)30-18;;;/h2,4-5,12-13H,3,6-11H2,1H3,(H,28,29)(H,23,24,25);3*1H. The van der Waals surface area contributed by atoms with Crippen molar-refractivity contribution in [1.29, 1.82) is 0 Å². The number of aromatic carboxylic acids is 1. The van der Waals surface area contributed by atoms with Crippen LogP contribution in [0.4, 0.5) is 5.95 Å². The largest absolute Gasteiger partial charge is 0.478 e. The van der Waals surface area contributed by atoms with Crippen LogP contribution in [0.25, 0.3) is 20.7 Å². The molecule has 0 radical (unpaired) electrons. The Morgan fingerprint density at radius 1 is 1.21 bits per heavy atom. The molecule has 1 aliphatic heterocycles. The van der Waals surface area contributed by atoms with Crippen molar-refractivity contribution in [3.8, 4) is 10.6 Å². The number of thiophene rings is 1. The van der Waals surface area contributed by atoms with Gasteiger partial charge in [-0.05, 0) is 38.2 Å². The minimum Gasteiger partial charge on any atom is -0.478 e. The summed E-state index contributed by atoms with van der Waals surface area (Å²) >= 11 is 7.84. The van der Waals surface area contributed by atoms with E-state index in [1.54, 1.807) is 18.3 Å². The lowest BCUT2D eigenvalue weighted by atomic mass is 10.1. The molecule has 0 atom stereocenters. The number of piperazine rings is 1. The van der Waals surface area contributed by atoms with Crippen molar-refractivity contribution in [2.24, 2.45) is 0 Å². The molecule has 3 aromatic rings. The molecule has 0 bridgehead atoms. The fourth-order valence-electron chi connectivity index (χ4n) is 3.56. The number of carboxylic acids is 1. The molecule has 0 amide bonds. The zero-order chi connectivity index (χ0) is 21.1. The van der Waals surface area contributed by atoms with E-state index in [1.165, 1.54) is 11.3 Å². The number of hydrogen-bond acceptors (Lipinski definition) is 7. The first-order valence-corrected chi connectivity index (χ1v) is 11.1. The monoisotopic (exact) mass is 553 g/mol. The molecule has 12 heteroatoms. The number of benzene rings is 1. The van der Waals surface area contributed by atoms with E-state index >= 15 is 0 Å². The van der Waals surface area contributed by atoms with Crippen LogP contribution in [0.1, 0.15) is 16.8 Å². The van der Waals surface area contributed by atoms with E-state index in [-0.39, 0.29) is 42.8 Å². The molecule has 0 saturated carbocycles. The zero-order valence-electron chi connectivity index (χ0n) is 18.0. The van der Waals surface area contributed by atoms with Crippen LogP contribution in [-0.4, -0.2) is 77.2 Å². The number of likely N-dealkylation sites (N-methyl/N-ethyl adjacent to an activating group) is 1. The van der Waals surface area contributed by atoms with Crippen LogP contribution < -0.4 is 5.32 Å². The number of halogens is 4. The summed E-state index contributed by atoms with van der Waals surface area (Å²) in [5.74, 6) is -0.412. The molecule has 1 fully saturated rings. The Bertz CT molecular complexity index is 1060. The van der Waals surface area contributed by atoms with Crippen molar-refractivity contribution < 1.29 is 9.90 Å². The zero-order valence-corrected chi connectivity index (χ0v) is 22.0. The summed E-state index contributed by atoms with van der Waals surface area (Å²) in [5.41, 5.74) is 0.896. The molecule has 1 aliphatic rings. The van der Waals surface area contributed by atoms with Crippen molar-refractivity contribution in [2.75, 3.05) is 51.6 Å². The van der Waals surface area contributed by atoms with Gasteiger partial charge in [-0.2, -0.15) is 0 Å². The summed E-state index contributed by atoms with van der Waals surface area (Å²) < 4.78 is 0.890. The number of carboxylic acid groups (broad SMARTS) is 1. The molecule has 0 unspecified atom stereocenters. The van der Waals surface area contributed by atoms with Gasteiger partial charge in [0.05, 0.1) is 21.7 Å². The van der Waals surface area contributed by atoms with Crippen LogP contribution in [0.3, 0.4) is 0 Å². The Hall–Kier alpha value is -1.39. The SMILES string of the molecule is CN1CCN(CCCNc2ncc(Cl)c(-c3cc4c(C(=O)O)cccc4s3)n2)CC1.Cl.Cl.Cl. The Kier molecular flexibility index (Phi) is 12.1. The maximum absolute atomic E-state index is 11.5. The number of carbonyl (C=O) groups is 1. The third kappa shape index (κ3) is 7.29. The number of rotatable bonds is 7. The van der Waals surface area contributed by atoms with Gasteiger partial charge in [0, 0.05) is 42.8 Å². The van der Waals surface area contributed by atoms with E-state index in [0.717, 1.165) is 55.3 Å². The lowest BCUT2D eigenvalue weighted by Gasteiger charge is -2.32. The molecule has 1 aromatic carbocycles. The number of nitrogens with zero attached hydrogens (tertiary/aromatic N) is 4. The van der Waals surface area contributed by atoms with Crippen LogP contribution in [-0.2, 0) is 0 Å². The van der Waals surface area contributed by atoms with Crippen LogP contribution in [0.15, 0.2) is 30.5 Å². The van der Waals surface area contributed by atoms with E-state index in [4.69, 9.17) is 11.6 Å². The molecule has 1 saturated heterocycles. The summed E-state index contributed by atoms with van der Waals surface area (Å²) in [7, 11) is 2.16. The van der Waals surface area contributed by atoms with Crippen molar-refractivity contribution in [1.82, 2.24) is 19.8 Å². The van der Waals surface area contributed by atoms with Crippen molar-refractivity contribution in [2.45, 2.75) is 6.42 Å². The van der Waals surface area contributed by atoms with E-state index in [9.17, 15) is 9.90 Å². The average molecular weight is 555 g/mol. The molecule has 33 heavy (non-hydrogen) atoms. The maximum atomic E-state index is 11.5. The van der Waals surface area contributed by atoms with Crippen LogP contribution in [0, 0.1) is 0 Å². The van der Waals surface area contributed by atoms with Crippen LogP contribution in [0.5, 0.6) is 0 Å². The third-order valence-electron chi connectivity index (χ3n) is 5.30. The van der Waals surface area contributed by atoms with Crippen molar-refractivity contribution in [3.63, 3.8) is 0 Å². The number of aromatic nitrogens is 2. The molecule has 7 nitrogen and oxygen atoms in total. The van der Waals surface area contributed by atoms with Crippen LogP contribution in [0.2, 0.25) is 5.02 Å². The first-order chi connectivity index (χ1) is 14.5. The van der Waals surface area contributed by atoms with Crippen molar-refractivity contribution >= 4 is 82.2 Å². The second-order valence-corrected chi connectivity index (χ2v) is 8.94. The van der Waals surface area contributed by atoms with Gasteiger partial charge in [-0.1, -0.05) is 17.7 Å². The lowest BCUT2D eigenvalue weighted by Crippen LogP contribution is -2.44. The van der Waals surface area contributed by atoms with Crippen molar-refractivity contribution in [3.05, 3.63) is 41.0 Å². The second kappa shape index (κ2) is 13.5. The van der Waals surface area contributed by atoms with E-state index in [0.29, 0.717) is 22.1 Å². The highest BCUT2D eigenvalue weighted by Gasteiger charge is 2.16. The van der Waals surface area contributed by atoms with Gasteiger partial charge in [-0.15, -0.1) is 48.6 Å². The van der Waals surface area contributed by atoms with Gasteiger partial charge in [0.25, 0.3) is 0 Å². The molecule has 0 aliphatic carbocycles. The van der Waals surface area contributed by atoms with E-state index in [1.807, 2.05) is 12.1 Å². The first kappa shape index (κ1) is 29.6. The molecule has 4 rings (SSSR count). The Morgan fingerprint density at radius 3 is 2.64 bits per heavy atom. The fourth-order valence-corrected chi connectivity index (χ4v) is 4.90. The molecular weight excluding hydrogens is 528 g/mol. The van der Waals surface area contributed by atoms with Gasteiger partial charge in [0.1, 0.15) is 5.69 Å². The topological polar surface area (TPSA) is 81.6 Å². The van der Waals surface area contributed by atoms with E-state index in [2.05, 4.69) is 32.1 Å². The molecular formula is C21H27Cl4N5O2S. The highest BCUT2D eigenvalue weighted by Crippen LogP contribution is 2.37. The smallest absolute Gasteiger partial charge is 0.336 e. The molecule has 2 N–H and O–H groups in total. The van der Waals surface area contributed by atoms with Gasteiger partial charge in [-0.25, -0.2) is 14.8 Å². The molecule has 182 valence electrons. The quantitative estimate of drug-likeness (QED) is 0.396. The molecule has 0 spiro atoms. The molecule has 3 heterocycles. The maximum Gasteiger partial charge on any atom is 0.336 e. The van der Waals surface area contributed by atoms with Gasteiger partial charge in [0.15, 0.2) is 0 Å². The van der Waals surface area contributed by atoms with Gasteiger partial charge >= 0.3 is 5.97 Å². The summed E-state index contributed by atoms with van der Waals surface area (Å²) in [5, 5.41) is 13.9. The predicted molar refractivity (Wildman–Crippen MR) is 144 cm³/mol. The Balaban J connectivity index is 0.00000181. The summed E-state index contributed by atoms with van der Waals surface area (Å²) in [6.45, 7) is 6.30. The third-order valence-corrected chi connectivity index (χ3v) is 6.68. The predicted octanol–water partition coefficient (Wildman–Crippen LogP) is 5.02. The van der Waals surface area contributed by atoms with E-state index < -0.39 is 5.97 Å². The van der Waals surface area contributed by atoms with Gasteiger partial charge in [0.2, 0.25) is 5.95 Å². The Labute approximate surface area is 220 Å².